The number of thiazole rings is 1. The van der Waals surface area contributed by atoms with Crippen LogP contribution >= 0.6 is 35.3 Å². The molecule has 1 aliphatic heterocycles. The SMILES string of the molecule is CCOCCCNC(N)=NCC1CCN(Cc2csc(CC)n2)CC1.I. The van der Waals surface area contributed by atoms with Crippen LogP contribution in [-0.2, 0) is 17.7 Å². The van der Waals surface area contributed by atoms with Crippen LogP contribution in [0.4, 0.5) is 0 Å². The summed E-state index contributed by atoms with van der Waals surface area (Å²) < 4.78 is 5.30. The normalized spacial score (nSPS) is 16.5. The summed E-state index contributed by atoms with van der Waals surface area (Å²) in [4.78, 5) is 11.7. The number of halogens is 1. The molecule has 6 nitrogen and oxygen atoms in total. The average molecular weight is 495 g/mol. The predicted molar refractivity (Wildman–Crippen MR) is 121 cm³/mol. The largest absolute Gasteiger partial charge is 0.382 e. The predicted octanol–water partition coefficient (Wildman–Crippen LogP) is 2.87. The van der Waals surface area contributed by atoms with Gasteiger partial charge in [0, 0.05) is 38.2 Å². The lowest BCUT2D eigenvalue weighted by atomic mass is 9.97. The number of piperidine rings is 1. The van der Waals surface area contributed by atoms with Crippen LogP contribution in [0.15, 0.2) is 10.4 Å². The highest BCUT2D eigenvalue weighted by Crippen LogP contribution is 2.20. The number of aromatic nitrogens is 1. The van der Waals surface area contributed by atoms with Crippen molar-refractivity contribution >= 4 is 41.3 Å². The second kappa shape index (κ2) is 13.7. The standard InChI is InChI=1S/C18H33N5OS.HI/c1-3-17-22-16(14-25-17)13-23-9-6-15(7-10-23)12-21-18(19)20-8-5-11-24-4-2;/h14-15H,3-13H2,1-2H3,(H3,19,20,21);1H. The van der Waals surface area contributed by atoms with Gasteiger partial charge in [0.1, 0.15) is 0 Å². The topological polar surface area (TPSA) is 75.8 Å². The number of nitrogens with one attached hydrogen (secondary N) is 1. The van der Waals surface area contributed by atoms with Crippen molar-refractivity contribution in [3.63, 3.8) is 0 Å². The van der Waals surface area contributed by atoms with E-state index in [-0.39, 0.29) is 24.0 Å². The van der Waals surface area contributed by atoms with Gasteiger partial charge in [-0.05, 0) is 51.6 Å². The Labute approximate surface area is 179 Å². The zero-order chi connectivity index (χ0) is 17.9. The quantitative estimate of drug-likeness (QED) is 0.226. The minimum Gasteiger partial charge on any atom is -0.382 e. The van der Waals surface area contributed by atoms with Crippen LogP contribution in [0.2, 0.25) is 0 Å². The summed E-state index contributed by atoms with van der Waals surface area (Å²) in [5.74, 6) is 1.20. The molecule has 0 radical (unpaired) electrons. The van der Waals surface area contributed by atoms with Crippen LogP contribution in [0, 0.1) is 5.92 Å². The minimum absolute atomic E-state index is 0. The van der Waals surface area contributed by atoms with Gasteiger partial charge < -0.3 is 15.8 Å². The van der Waals surface area contributed by atoms with Gasteiger partial charge >= 0.3 is 0 Å². The molecule has 1 fully saturated rings. The number of likely N-dealkylation sites (tertiary alicyclic amines) is 1. The number of ether oxygens (including phenoxy) is 1. The van der Waals surface area contributed by atoms with Gasteiger partial charge in [0.2, 0.25) is 0 Å². The molecule has 2 heterocycles. The van der Waals surface area contributed by atoms with E-state index >= 15 is 0 Å². The highest BCUT2D eigenvalue weighted by Gasteiger charge is 2.19. The Balaban J connectivity index is 0.00000338. The minimum atomic E-state index is 0. The maximum atomic E-state index is 5.93. The first-order valence-corrected chi connectivity index (χ1v) is 10.4. The average Bonchev–Trinajstić information content (AvgIpc) is 3.08. The van der Waals surface area contributed by atoms with E-state index in [9.17, 15) is 0 Å². The van der Waals surface area contributed by atoms with E-state index in [1.54, 1.807) is 11.3 Å². The summed E-state index contributed by atoms with van der Waals surface area (Å²) in [6.07, 6.45) is 4.36. The van der Waals surface area contributed by atoms with Crippen molar-refractivity contribution in [2.75, 3.05) is 39.4 Å². The van der Waals surface area contributed by atoms with Crippen molar-refractivity contribution in [2.45, 2.75) is 46.1 Å². The van der Waals surface area contributed by atoms with Crippen molar-refractivity contribution in [1.82, 2.24) is 15.2 Å². The number of hydrogen-bond acceptors (Lipinski definition) is 5. The third-order valence-electron chi connectivity index (χ3n) is 4.49. The molecule has 0 aromatic carbocycles. The molecule has 2 rings (SSSR count). The molecule has 8 heteroatoms. The highest BCUT2D eigenvalue weighted by molar-refractivity contribution is 14.0. The number of hydrogen-bond donors (Lipinski definition) is 2. The number of nitrogens with two attached hydrogens (primary N) is 1. The van der Waals surface area contributed by atoms with Crippen LogP contribution < -0.4 is 11.1 Å². The van der Waals surface area contributed by atoms with Crippen LogP contribution in [0.25, 0.3) is 0 Å². The second-order valence-corrected chi connectivity index (χ2v) is 7.45. The molecule has 1 aliphatic rings. The molecule has 26 heavy (non-hydrogen) atoms. The van der Waals surface area contributed by atoms with Crippen molar-refractivity contribution in [3.05, 3.63) is 16.1 Å². The van der Waals surface area contributed by atoms with E-state index in [2.05, 4.69) is 32.5 Å². The molecule has 0 aliphatic carbocycles. The highest BCUT2D eigenvalue weighted by atomic mass is 127. The number of aliphatic imine (C=N–C) groups is 1. The first-order valence-electron chi connectivity index (χ1n) is 9.48. The van der Waals surface area contributed by atoms with Gasteiger partial charge in [-0.25, -0.2) is 4.98 Å². The zero-order valence-corrected chi connectivity index (χ0v) is 19.2. The Morgan fingerprint density at radius 2 is 2.19 bits per heavy atom. The van der Waals surface area contributed by atoms with Gasteiger partial charge in [-0.15, -0.1) is 35.3 Å². The summed E-state index contributed by atoms with van der Waals surface area (Å²) in [5.41, 5.74) is 7.15. The van der Waals surface area contributed by atoms with E-state index in [0.29, 0.717) is 11.9 Å². The van der Waals surface area contributed by atoms with Crippen molar-refractivity contribution in [2.24, 2.45) is 16.6 Å². The maximum absolute atomic E-state index is 5.93. The van der Waals surface area contributed by atoms with Gasteiger partial charge in [-0.3, -0.25) is 9.89 Å². The molecule has 0 atom stereocenters. The zero-order valence-electron chi connectivity index (χ0n) is 16.1. The number of rotatable bonds is 10. The molecule has 0 unspecified atom stereocenters. The van der Waals surface area contributed by atoms with Crippen LogP contribution in [-0.4, -0.2) is 55.2 Å². The van der Waals surface area contributed by atoms with Crippen LogP contribution in [0.1, 0.15) is 43.8 Å². The molecule has 1 saturated heterocycles. The maximum Gasteiger partial charge on any atom is 0.188 e. The van der Waals surface area contributed by atoms with Crippen LogP contribution in [0.5, 0.6) is 0 Å². The van der Waals surface area contributed by atoms with Gasteiger partial charge in [0.25, 0.3) is 0 Å². The Hall–Kier alpha value is -0.450. The van der Waals surface area contributed by atoms with Crippen molar-refractivity contribution in [1.29, 1.82) is 0 Å². The van der Waals surface area contributed by atoms with Crippen molar-refractivity contribution < 1.29 is 4.74 Å². The van der Waals surface area contributed by atoms with E-state index in [4.69, 9.17) is 10.5 Å². The molecule has 1 aromatic heterocycles. The summed E-state index contributed by atoms with van der Waals surface area (Å²) in [6, 6.07) is 0. The second-order valence-electron chi connectivity index (χ2n) is 6.51. The lowest BCUT2D eigenvalue weighted by Gasteiger charge is -2.30. The van der Waals surface area contributed by atoms with E-state index < -0.39 is 0 Å². The van der Waals surface area contributed by atoms with Crippen LogP contribution in [0.3, 0.4) is 0 Å². The van der Waals surface area contributed by atoms with E-state index in [1.165, 1.54) is 23.5 Å². The summed E-state index contributed by atoms with van der Waals surface area (Å²) in [7, 11) is 0. The van der Waals surface area contributed by atoms with Gasteiger partial charge in [0.05, 0.1) is 10.7 Å². The van der Waals surface area contributed by atoms with E-state index in [0.717, 1.165) is 58.8 Å². The molecule has 150 valence electrons. The van der Waals surface area contributed by atoms with Crippen molar-refractivity contribution in [3.8, 4) is 0 Å². The smallest absolute Gasteiger partial charge is 0.188 e. The Morgan fingerprint density at radius 3 is 2.85 bits per heavy atom. The number of nitrogens with zero attached hydrogens (tertiary/aromatic N) is 3. The molecule has 0 spiro atoms. The summed E-state index contributed by atoms with van der Waals surface area (Å²) in [6.45, 7) is 10.6. The third-order valence-corrected chi connectivity index (χ3v) is 5.53. The fraction of sp³-hybridized carbons (Fsp3) is 0.778. The molecular weight excluding hydrogens is 461 g/mol. The lowest BCUT2D eigenvalue weighted by molar-refractivity contribution is 0.145. The Bertz CT molecular complexity index is 517. The van der Waals surface area contributed by atoms with Gasteiger partial charge in [0.15, 0.2) is 5.96 Å². The number of aryl methyl sites for hydroxylation is 1. The monoisotopic (exact) mass is 495 g/mol. The first-order chi connectivity index (χ1) is 12.2. The van der Waals surface area contributed by atoms with Gasteiger partial charge in [-0.1, -0.05) is 6.92 Å². The third kappa shape index (κ3) is 8.96. The molecular formula is C18H34IN5OS. The fourth-order valence-corrected chi connectivity index (χ4v) is 3.69. The molecule has 0 bridgehead atoms. The summed E-state index contributed by atoms with van der Waals surface area (Å²) >= 11 is 1.78. The molecule has 1 aromatic rings. The summed E-state index contributed by atoms with van der Waals surface area (Å²) in [5, 5.41) is 6.60. The first kappa shape index (κ1) is 23.6. The Morgan fingerprint density at radius 1 is 1.42 bits per heavy atom. The molecule has 0 amide bonds. The molecule has 0 saturated carbocycles. The van der Waals surface area contributed by atoms with Gasteiger partial charge in [-0.2, -0.15) is 0 Å². The number of guanidine groups is 1. The van der Waals surface area contributed by atoms with E-state index in [1.807, 2.05) is 6.92 Å². The Kier molecular flexibility index (Phi) is 12.4. The lowest BCUT2D eigenvalue weighted by Crippen LogP contribution is -2.36. The molecule has 3 N–H and O–H groups in total. The fourth-order valence-electron chi connectivity index (χ4n) is 2.96.